The normalized spacial score (nSPS) is 24.3. The molecular formula is C18H27ClN2O. The van der Waals surface area contributed by atoms with Crippen molar-refractivity contribution in [3.63, 3.8) is 0 Å². The first-order valence-electron chi connectivity index (χ1n) is 8.36. The van der Waals surface area contributed by atoms with Crippen LogP contribution in [0.15, 0.2) is 24.3 Å². The van der Waals surface area contributed by atoms with Crippen LogP contribution in [0.4, 0.5) is 0 Å². The first kappa shape index (κ1) is 17.3. The van der Waals surface area contributed by atoms with Gasteiger partial charge in [0, 0.05) is 13.1 Å². The molecule has 0 radical (unpaired) electrons. The van der Waals surface area contributed by atoms with Crippen LogP contribution in [0.1, 0.15) is 49.1 Å². The van der Waals surface area contributed by atoms with E-state index in [-0.39, 0.29) is 18.3 Å². The highest BCUT2D eigenvalue weighted by molar-refractivity contribution is 5.85. The van der Waals surface area contributed by atoms with E-state index in [2.05, 4.69) is 29.2 Å². The Morgan fingerprint density at radius 3 is 2.86 bits per heavy atom. The predicted octanol–water partition coefficient (Wildman–Crippen LogP) is 3.12. The molecule has 1 saturated heterocycles. The largest absolute Gasteiger partial charge is 0.342 e. The first-order valence-corrected chi connectivity index (χ1v) is 8.36. The van der Waals surface area contributed by atoms with Gasteiger partial charge < -0.3 is 10.6 Å². The number of carbonyl (C=O) groups is 1. The van der Waals surface area contributed by atoms with Gasteiger partial charge in [-0.1, -0.05) is 24.3 Å². The molecule has 2 N–H and O–H groups in total. The molecule has 3 rings (SSSR count). The number of carbonyl (C=O) groups excluding carboxylic acids is 1. The minimum absolute atomic E-state index is 0. The molecule has 4 heteroatoms. The molecular weight excluding hydrogens is 296 g/mol. The van der Waals surface area contributed by atoms with Gasteiger partial charge >= 0.3 is 0 Å². The maximum absolute atomic E-state index is 13.0. The molecule has 122 valence electrons. The lowest BCUT2D eigenvalue weighted by atomic mass is 9.81. The zero-order valence-corrected chi connectivity index (χ0v) is 14.0. The van der Waals surface area contributed by atoms with Crippen LogP contribution >= 0.6 is 12.4 Å². The van der Waals surface area contributed by atoms with Gasteiger partial charge in [-0.15, -0.1) is 12.4 Å². The number of halogens is 1. The second-order valence-corrected chi connectivity index (χ2v) is 6.51. The van der Waals surface area contributed by atoms with Crippen LogP contribution in [0.5, 0.6) is 0 Å². The van der Waals surface area contributed by atoms with Gasteiger partial charge in [0.25, 0.3) is 0 Å². The van der Waals surface area contributed by atoms with Crippen LogP contribution in [-0.4, -0.2) is 30.4 Å². The fourth-order valence-corrected chi connectivity index (χ4v) is 3.97. The van der Waals surface area contributed by atoms with Gasteiger partial charge in [-0.05, 0) is 62.1 Å². The number of nitrogens with zero attached hydrogens (tertiary/aromatic N) is 1. The average Bonchev–Trinajstić information content (AvgIpc) is 2.54. The third-order valence-corrected chi connectivity index (χ3v) is 5.07. The topological polar surface area (TPSA) is 46.3 Å². The summed E-state index contributed by atoms with van der Waals surface area (Å²) in [5.41, 5.74) is 8.33. The first-order chi connectivity index (χ1) is 10.3. The quantitative estimate of drug-likeness (QED) is 0.929. The lowest BCUT2D eigenvalue weighted by Gasteiger charge is -2.36. The molecule has 2 aliphatic rings. The fraction of sp³-hybridized carbons (Fsp3) is 0.611. The van der Waals surface area contributed by atoms with Crippen LogP contribution in [-0.2, 0) is 11.2 Å². The van der Waals surface area contributed by atoms with Crippen LogP contribution < -0.4 is 5.73 Å². The smallest absolute Gasteiger partial charge is 0.230 e. The number of amides is 1. The third-order valence-electron chi connectivity index (χ3n) is 5.07. The Labute approximate surface area is 139 Å². The molecule has 1 aromatic rings. The predicted molar refractivity (Wildman–Crippen MR) is 92.3 cm³/mol. The van der Waals surface area contributed by atoms with E-state index in [0.29, 0.717) is 11.8 Å². The van der Waals surface area contributed by atoms with Crippen molar-refractivity contribution in [1.29, 1.82) is 0 Å². The van der Waals surface area contributed by atoms with E-state index in [4.69, 9.17) is 5.73 Å². The summed E-state index contributed by atoms with van der Waals surface area (Å²) < 4.78 is 0. The molecule has 0 bridgehead atoms. The number of benzene rings is 1. The van der Waals surface area contributed by atoms with Crippen molar-refractivity contribution in [3.05, 3.63) is 35.4 Å². The molecule has 1 amide bonds. The summed E-state index contributed by atoms with van der Waals surface area (Å²) >= 11 is 0. The SMILES string of the molecule is Cl.NCCC1CCCN(C(=O)C2CCCc3ccccc32)C1. The lowest BCUT2D eigenvalue weighted by molar-refractivity contribution is -0.135. The van der Waals surface area contributed by atoms with Gasteiger partial charge in [-0.3, -0.25) is 4.79 Å². The number of likely N-dealkylation sites (tertiary alicyclic amines) is 1. The van der Waals surface area contributed by atoms with Gasteiger partial charge in [0.15, 0.2) is 0 Å². The summed E-state index contributed by atoms with van der Waals surface area (Å²) in [7, 11) is 0. The zero-order chi connectivity index (χ0) is 14.7. The Balaban J connectivity index is 0.00000176. The second-order valence-electron chi connectivity index (χ2n) is 6.51. The number of piperidine rings is 1. The Morgan fingerprint density at radius 2 is 2.05 bits per heavy atom. The third kappa shape index (κ3) is 3.64. The van der Waals surface area contributed by atoms with E-state index >= 15 is 0 Å². The van der Waals surface area contributed by atoms with Crippen molar-refractivity contribution in [2.75, 3.05) is 19.6 Å². The highest BCUT2D eigenvalue weighted by Gasteiger charge is 2.32. The van der Waals surface area contributed by atoms with Gasteiger partial charge in [0.2, 0.25) is 5.91 Å². The molecule has 1 aliphatic carbocycles. The monoisotopic (exact) mass is 322 g/mol. The summed E-state index contributed by atoms with van der Waals surface area (Å²) in [6.07, 6.45) is 6.66. The van der Waals surface area contributed by atoms with E-state index in [9.17, 15) is 4.79 Å². The van der Waals surface area contributed by atoms with Crippen molar-refractivity contribution in [2.45, 2.75) is 44.4 Å². The molecule has 1 heterocycles. The maximum Gasteiger partial charge on any atom is 0.230 e. The van der Waals surface area contributed by atoms with E-state index in [1.54, 1.807) is 0 Å². The number of hydrogen-bond acceptors (Lipinski definition) is 2. The molecule has 0 aromatic heterocycles. The van der Waals surface area contributed by atoms with Crippen molar-refractivity contribution >= 4 is 18.3 Å². The molecule has 1 fully saturated rings. The molecule has 2 unspecified atom stereocenters. The highest BCUT2D eigenvalue weighted by atomic mass is 35.5. The molecule has 22 heavy (non-hydrogen) atoms. The summed E-state index contributed by atoms with van der Waals surface area (Å²) in [6.45, 7) is 2.58. The zero-order valence-electron chi connectivity index (χ0n) is 13.2. The summed E-state index contributed by atoms with van der Waals surface area (Å²) in [5, 5.41) is 0. The van der Waals surface area contributed by atoms with Gasteiger partial charge in [0.05, 0.1) is 5.92 Å². The van der Waals surface area contributed by atoms with E-state index < -0.39 is 0 Å². The standard InChI is InChI=1S/C18H26N2O.ClH/c19-11-10-14-5-4-12-20(13-14)18(21)17-9-3-7-15-6-1-2-8-16(15)17;/h1-2,6,8,14,17H,3-5,7,9-13,19H2;1H. The second kappa shape index (κ2) is 7.98. The van der Waals surface area contributed by atoms with Gasteiger partial charge in [-0.25, -0.2) is 0 Å². The van der Waals surface area contributed by atoms with Crippen LogP contribution in [0, 0.1) is 5.92 Å². The Morgan fingerprint density at radius 1 is 1.23 bits per heavy atom. The minimum atomic E-state index is 0. The van der Waals surface area contributed by atoms with Crippen LogP contribution in [0.3, 0.4) is 0 Å². The number of hydrogen-bond donors (Lipinski definition) is 1. The lowest BCUT2D eigenvalue weighted by Crippen LogP contribution is -2.43. The summed E-state index contributed by atoms with van der Waals surface area (Å²) in [6, 6.07) is 8.49. The summed E-state index contributed by atoms with van der Waals surface area (Å²) in [4.78, 5) is 15.1. The van der Waals surface area contributed by atoms with Crippen LogP contribution in [0.25, 0.3) is 0 Å². The number of rotatable bonds is 3. The number of aryl methyl sites for hydroxylation is 1. The highest BCUT2D eigenvalue weighted by Crippen LogP contribution is 2.34. The van der Waals surface area contributed by atoms with Crippen LogP contribution in [0.2, 0.25) is 0 Å². The van der Waals surface area contributed by atoms with E-state index in [1.807, 2.05) is 0 Å². The van der Waals surface area contributed by atoms with Gasteiger partial charge in [-0.2, -0.15) is 0 Å². The van der Waals surface area contributed by atoms with E-state index in [1.165, 1.54) is 17.5 Å². The van der Waals surface area contributed by atoms with Crippen molar-refractivity contribution in [1.82, 2.24) is 4.90 Å². The molecule has 0 saturated carbocycles. The Hall–Kier alpha value is -1.06. The van der Waals surface area contributed by atoms with Crippen molar-refractivity contribution < 1.29 is 4.79 Å². The fourth-order valence-electron chi connectivity index (χ4n) is 3.97. The Kier molecular flexibility index (Phi) is 6.27. The molecule has 0 spiro atoms. The van der Waals surface area contributed by atoms with Gasteiger partial charge in [0.1, 0.15) is 0 Å². The molecule has 2 atom stereocenters. The minimum Gasteiger partial charge on any atom is -0.342 e. The number of fused-ring (bicyclic) bond motifs is 1. The maximum atomic E-state index is 13.0. The average molecular weight is 323 g/mol. The van der Waals surface area contributed by atoms with Crippen molar-refractivity contribution in [3.8, 4) is 0 Å². The molecule has 3 nitrogen and oxygen atoms in total. The number of nitrogens with two attached hydrogens (primary N) is 1. The Bertz CT molecular complexity index is 504. The summed E-state index contributed by atoms with van der Waals surface area (Å²) in [5.74, 6) is 1.04. The molecule has 1 aliphatic heterocycles. The molecule has 1 aromatic carbocycles. The van der Waals surface area contributed by atoms with E-state index in [0.717, 1.165) is 51.7 Å². The van der Waals surface area contributed by atoms with Crippen molar-refractivity contribution in [2.24, 2.45) is 11.7 Å².